The van der Waals surface area contributed by atoms with Crippen LogP contribution < -0.4 is 5.73 Å². The molecule has 3 nitrogen and oxygen atoms in total. The monoisotopic (exact) mass is 172 g/mol. The van der Waals surface area contributed by atoms with E-state index in [4.69, 9.17) is 10.2 Å². The van der Waals surface area contributed by atoms with Crippen LogP contribution in [0, 0.1) is 6.92 Å². The summed E-state index contributed by atoms with van der Waals surface area (Å²) in [5.74, 6) is 0.924. The van der Waals surface area contributed by atoms with Crippen LogP contribution in [-0.2, 0) is 13.1 Å². The summed E-state index contributed by atoms with van der Waals surface area (Å²) >= 11 is 0. The van der Waals surface area contributed by atoms with Crippen LogP contribution in [0.5, 0.6) is 0 Å². The zero-order valence-corrected chi connectivity index (χ0v) is 7.14. The summed E-state index contributed by atoms with van der Waals surface area (Å²) in [5.41, 5.74) is 5.95. The molecule has 4 heteroatoms. The average molecular weight is 172 g/mol. The molecule has 2 N–H and O–H groups in total. The minimum atomic E-state index is -0.582. The molecule has 0 saturated heterocycles. The van der Waals surface area contributed by atoms with E-state index in [1.165, 1.54) is 0 Å². The summed E-state index contributed by atoms with van der Waals surface area (Å²) in [6.07, 6.45) is 1.52. The van der Waals surface area contributed by atoms with Gasteiger partial charge in [0, 0.05) is 6.42 Å². The highest BCUT2D eigenvalue weighted by Gasteiger charge is 2.07. The smallest absolute Gasteiger partial charge is 0.194 e. The van der Waals surface area contributed by atoms with E-state index in [-0.39, 0.29) is 0 Å². The molecular formula is C8H13FN2O. The summed E-state index contributed by atoms with van der Waals surface area (Å²) in [7, 11) is 0. The first-order valence-electron chi connectivity index (χ1n) is 3.99. The molecule has 0 radical (unpaired) electrons. The zero-order valence-electron chi connectivity index (χ0n) is 7.14. The van der Waals surface area contributed by atoms with E-state index in [0.717, 1.165) is 6.42 Å². The first kappa shape index (κ1) is 9.19. The summed E-state index contributed by atoms with van der Waals surface area (Å²) in [6.45, 7) is 1.76. The molecule has 1 aromatic heterocycles. The van der Waals surface area contributed by atoms with E-state index in [2.05, 4.69) is 4.98 Å². The first-order chi connectivity index (χ1) is 5.77. The highest BCUT2D eigenvalue weighted by atomic mass is 19.1. The van der Waals surface area contributed by atoms with E-state index in [0.29, 0.717) is 30.3 Å². The number of hydrogen-bond acceptors (Lipinski definition) is 3. The Morgan fingerprint density at radius 1 is 1.58 bits per heavy atom. The molecule has 1 aromatic rings. The van der Waals surface area contributed by atoms with Gasteiger partial charge >= 0.3 is 0 Å². The highest BCUT2D eigenvalue weighted by Crippen LogP contribution is 2.12. The maximum atomic E-state index is 12.2. The van der Waals surface area contributed by atoms with Gasteiger partial charge in [-0.15, -0.1) is 0 Å². The molecule has 0 aliphatic rings. The normalized spacial score (nSPS) is 10.6. The number of aryl methyl sites for hydroxylation is 2. The fourth-order valence-corrected chi connectivity index (χ4v) is 0.972. The number of halogens is 1. The fraction of sp³-hybridized carbons (Fsp3) is 0.625. The maximum Gasteiger partial charge on any atom is 0.194 e. The van der Waals surface area contributed by atoms with Crippen molar-refractivity contribution in [2.45, 2.75) is 26.4 Å². The lowest BCUT2D eigenvalue weighted by atomic mass is 10.3. The van der Waals surface area contributed by atoms with E-state index in [9.17, 15) is 4.39 Å². The predicted octanol–water partition coefficient (Wildman–Crippen LogP) is 1.34. The highest BCUT2D eigenvalue weighted by molar-refractivity contribution is 5.06. The minimum Gasteiger partial charge on any atom is -0.443 e. The molecule has 0 aliphatic heterocycles. The van der Waals surface area contributed by atoms with Crippen molar-refractivity contribution in [3.63, 3.8) is 0 Å². The van der Waals surface area contributed by atoms with E-state index in [1.54, 1.807) is 6.92 Å². The molecule has 12 heavy (non-hydrogen) atoms. The standard InChI is InChI=1S/C8H13FN2O/c1-6-7(5-9)12-8(11-6)3-2-4-10/h2-5,10H2,1H3. The molecule has 0 fully saturated rings. The van der Waals surface area contributed by atoms with Crippen molar-refractivity contribution in [3.05, 3.63) is 17.3 Å². The Balaban J connectivity index is 2.62. The van der Waals surface area contributed by atoms with Gasteiger partial charge in [0.2, 0.25) is 0 Å². The lowest BCUT2D eigenvalue weighted by Gasteiger charge is -1.90. The van der Waals surface area contributed by atoms with Gasteiger partial charge in [-0.3, -0.25) is 0 Å². The number of aromatic nitrogens is 1. The van der Waals surface area contributed by atoms with Crippen LogP contribution in [-0.4, -0.2) is 11.5 Å². The van der Waals surface area contributed by atoms with Crippen molar-refractivity contribution in [3.8, 4) is 0 Å². The van der Waals surface area contributed by atoms with Crippen LogP contribution in [0.1, 0.15) is 23.8 Å². The molecule has 0 bridgehead atoms. The third-order valence-corrected chi connectivity index (χ3v) is 1.65. The molecule has 0 unspecified atom stereocenters. The molecule has 0 amide bonds. The van der Waals surface area contributed by atoms with Crippen molar-refractivity contribution in [2.24, 2.45) is 5.73 Å². The summed E-state index contributed by atoms with van der Waals surface area (Å²) in [4.78, 5) is 4.06. The molecule has 0 aliphatic carbocycles. The third kappa shape index (κ3) is 2.04. The molecule has 68 valence electrons. The number of oxazole rings is 1. The van der Waals surface area contributed by atoms with Gasteiger partial charge in [-0.2, -0.15) is 0 Å². The Morgan fingerprint density at radius 2 is 2.33 bits per heavy atom. The van der Waals surface area contributed by atoms with Gasteiger partial charge < -0.3 is 10.2 Å². The van der Waals surface area contributed by atoms with Gasteiger partial charge in [-0.25, -0.2) is 9.37 Å². The van der Waals surface area contributed by atoms with Crippen molar-refractivity contribution >= 4 is 0 Å². The van der Waals surface area contributed by atoms with Gasteiger partial charge in [-0.1, -0.05) is 0 Å². The summed E-state index contributed by atoms with van der Waals surface area (Å²) in [6, 6.07) is 0. The summed E-state index contributed by atoms with van der Waals surface area (Å²) in [5, 5.41) is 0. The number of rotatable bonds is 4. The molecule has 1 heterocycles. The van der Waals surface area contributed by atoms with E-state index < -0.39 is 6.67 Å². The Bertz CT molecular complexity index is 247. The van der Waals surface area contributed by atoms with Crippen molar-refractivity contribution in [1.29, 1.82) is 0 Å². The largest absolute Gasteiger partial charge is 0.443 e. The van der Waals surface area contributed by atoms with E-state index >= 15 is 0 Å². The predicted molar refractivity (Wildman–Crippen MR) is 43.4 cm³/mol. The van der Waals surface area contributed by atoms with Crippen molar-refractivity contribution in [1.82, 2.24) is 4.98 Å². The quantitative estimate of drug-likeness (QED) is 0.745. The minimum absolute atomic E-state index is 0.335. The van der Waals surface area contributed by atoms with Gasteiger partial charge in [0.1, 0.15) is 6.67 Å². The molecule has 1 rings (SSSR count). The van der Waals surface area contributed by atoms with Crippen LogP contribution in [0.2, 0.25) is 0 Å². The summed E-state index contributed by atoms with van der Waals surface area (Å²) < 4.78 is 17.3. The second-order valence-corrected chi connectivity index (χ2v) is 2.64. The Kier molecular flexibility index (Phi) is 3.22. The lowest BCUT2D eigenvalue weighted by Crippen LogP contribution is -2.00. The topological polar surface area (TPSA) is 52.0 Å². The van der Waals surface area contributed by atoms with Crippen LogP contribution in [0.25, 0.3) is 0 Å². The second-order valence-electron chi connectivity index (χ2n) is 2.64. The zero-order chi connectivity index (χ0) is 8.97. The molecule has 0 atom stereocenters. The van der Waals surface area contributed by atoms with Gasteiger partial charge in [0.25, 0.3) is 0 Å². The van der Waals surface area contributed by atoms with Crippen LogP contribution >= 0.6 is 0 Å². The van der Waals surface area contributed by atoms with Crippen LogP contribution in [0.4, 0.5) is 4.39 Å². The number of alkyl halides is 1. The van der Waals surface area contributed by atoms with Crippen LogP contribution in [0.3, 0.4) is 0 Å². The van der Waals surface area contributed by atoms with Gasteiger partial charge in [-0.05, 0) is 19.9 Å². The maximum absolute atomic E-state index is 12.2. The SMILES string of the molecule is Cc1nc(CCCN)oc1CF. The number of hydrogen-bond donors (Lipinski definition) is 1. The molecule has 0 spiro atoms. The molecule has 0 aromatic carbocycles. The lowest BCUT2D eigenvalue weighted by molar-refractivity contribution is 0.371. The van der Waals surface area contributed by atoms with E-state index in [1.807, 2.05) is 0 Å². The number of nitrogens with two attached hydrogens (primary N) is 1. The molecule has 0 saturated carbocycles. The molecular weight excluding hydrogens is 159 g/mol. The first-order valence-corrected chi connectivity index (χ1v) is 3.99. The van der Waals surface area contributed by atoms with Gasteiger partial charge in [0.05, 0.1) is 5.69 Å². The third-order valence-electron chi connectivity index (χ3n) is 1.65. The van der Waals surface area contributed by atoms with Crippen molar-refractivity contribution in [2.75, 3.05) is 6.54 Å². The Morgan fingerprint density at radius 3 is 2.83 bits per heavy atom. The average Bonchev–Trinajstić information content (AvgIpc) is 2.43. The Hall–Kier alpha value is -0.900. The fourth-order valence-electron chi connectivity index (χ4n) is 0.972. The van der Waals surface area contributed by atoms with Crippen LogP contribution in [0.15, 0.2) is 4.42 Å². The van der Waals surface area contributed by atoms with Gasteiger partial charge in [0.15, 0.2) is 11.7 Å². The Labute approximate surface area is 70.8 Å². The second kappa shape index (κ2) is 4.21. The number of nitrogens with zero attached hydrogens (tertiary/aromatic N) is 1. The van der Waals surface area contributed by atoms with Crippen molar-refractivity contribution < 1.29 is 8.81 Å².